The van der Waals surface area contributed by atoms with Crippen LogP contribution in [0.1, 0.15) is 12.5 Å². The van der Waals surface area contributed by atoms with Gasteiger partial charge in [0.15, 0.2) is 0 Å². The number of para-hydroxylation sites is 2. The highest BCUT2D eigenvalue weighted by Gasteiger charge is 2.26. The Kier molecular flexibility index (Phi) is 3.72. The van der Waals surface area contributed by atoms with E-state index in [9.17, 15) is 5.26 Å². The Morgan fingerprint density at radius 3 is 2.32 bits per heavy atom. The zero-order chi connectivity index (χ0) is 13.7. The van der Waals surface area contributed by atoms with Crippen LogP contribution in [-0.4, -0.2) is 7.11 Å². The molecule has 0 aliphatic rings. The predicted octanol–water partition coefficient (Wildman–Crippen LogP) is 3.55. The largest absolute Gasteiger partial charge is 0.495 e. The first-order chi connectivity index (χ1) is 9.19. The first kappa shape index (κ1) is 13.0. The second-order valence-corrected chi connectivity index (χ2v) is 4.43. The molecule has 1 atom stereocenters. The highest BCUT2D eigenvalue weighted by Crippen LogP contribution is 2.31. The lowest BCUT2D eigenvalue weighted by atomic mass is 9.93. The van der Waals surface area contributed by atoms with Crippen LogP contribution in [0, 0.1) is 11.3 Å². The third-order valence-corrected chi connectivity index (χ3v) is 3.07. The number of nitrogens with zero attached hydrogens (tertiary/aromatic N) is 1. The van der Waals surface area contributed by atoms with E-state index >= 15 is 0 Å². The van der Waals surface area contributed by atoms with Crippen LogP contribution in [0.3, 0.4) is 0 Å². The number of benzene rings is 2. The van der Waals surface area contributed by atoms with Gasteiger partial charge in [-0.3, -0.25) is 0 Å². The maximum atomic E-state index is 9.51. The summed E-state index contributed by atoms with van der Waals surface area (Å²) in [5.41, 5.74) is 0.928. The van der Waals surface area contributed by atoms with E-state index in [-0.39, 0.29) is 0 Å². The molecule has 0 amide bonds. The lowest BCUT2D eigenvalue weighted by Crippen LogP contribution is -2.30. The number of nitrogens with one attached hydrogen (secondary N) is 1. The van der Waals surface area contributed by atoms with E-state index in [4.69, 9.17) is 4.74 Å². The number of hydrogen-bond donors (Lipinski definition) is 1. The van der Waals surface area contributed by atoms with Crippen LogP contribution in [0.15, 0.2) is 54.6 Å². The Bertz CT molecular complexity index is 589. The van der Waals surface area contributed by atoms with Crippen LogP contribution in [0.25, 0.3) is 0 Å². The van der Waals surface area contributed by atoms with Crippen molar-refractivity contribution in [1.82, 2.24) is 0 Å². The van der Waals surface area contributed by atoms with Gasteiger partial charge in [0.25, 0.3) is 0 Å². The summed E-state index contributed by atoms with van der Waals surface area (Å²) >= 11 is 0. The number of ether oxygens (including phenoxy) is 1. The van der Waals surface area contributed by atoms with Crippen molar-refractivity contribution in [2.75, 3.05) is 12.4 Å². The van der Waals surface area contributed by atoms with Crippen molar-refractivity contribution in [3.05, 3.63) is 60.2 Å². The number of methoxy groups -OCH3 is 1. The molecule has 0 saturated carbocycles. The van der Waals surface area contributed by atoms with E-state index in [0.29, 0.717) is 0 Å². The molecular weight excluding hydrogens is 236 g/mol. The minimum absolute atomic E-state index is 0.722. The van der Waals surface area contributed by atoms with Crippen molar-refractivity contribution in [3.63, 3.8) is 0 Å². The molecule has 0 aliphatic heterocycles. The standard InChI is InChI=1S/C16H16N2O/c1-16(12-17,13-8-4-3-5-9-13)18-14-10-6-7-11-15(14)19-2/h3-11,18H,1-2H3. The maximum absolute atomic E-state index is 9.51. The number of nitriles is 1. The van der Waals surface area contributed by atoms with E-state index in [1.807, 2.05) is 61.5 Å². The molecule has 2 rings (SSSR count). The smallest absolute Gasteiger partial charge is 0.148 e. The maximum Gasteiger partial charge on any atom is 0.148 e. The zero-order valence-electron chi connectivity index (χ0n) is 11.1. The minimum atomic E-state index is -0.796. The quantitative estimate of drug-likeness (QED) is 0.905. The van der Waals surface area contributed by atoms with Gasteiger partial charge in [-0.25, -0.2) is 0 Å². The van der Waals surface area contributed by atoms with E-state index in [0.717, 1.165) is 17.0 Å². The van der Waals surface area contributed by atoms with Crippen molar-refractivity contribution in [2.45, 2.75) is 12.5 Å². The second kappa shape index (κ2) is 5.45. The molecule has 1 unspecified atom stereocenters. The first-order valence-electron chi connectivity index (χ1n) is 6.07. The monoisotopic (exact) mass is 252 g/mol. The molecule has 0 bridgehead atoms. The van der Waals surface area contributed by atoms with E-state index < -0.39 is 5.54 Å². The molecule has 0 fully saturated rings. The fraction of sp³-hybridized carbons (Fsp3) is 0.188. The Hall–Kier alpha value is -2.47. The van der Waals surface area contributed by atoms with Crippen molar-refractivity contribution < 1.29 is 4.74 Å². The van der Waals surface area contributed by atoms with Crippen LogP contribution < -0.4 is 10.1 Å². The molecule has 1 N–H and O–H groups in total. The number of rotatable bonds is 4. The SMILES string of the molecule is COc1ccccc1NC(C)(C#N)c1ccccc1. The highest BCUT2D eigenvalue weighted by atomic mass is 16.5. The first-order valence-corrected chi connectivity index (χ1v) is 6.07. The minimum Gasteiger partial charge on any atom is -0.495 e. The van der Waals surface area contributed by atoms with Crippen LogP contribution >= 0.6 is 0 Å². The molecular formula is C16H16N2O. The summed E-state index contributed by atoms with van der Waals surface area (Å²) in [7, 11) is 1.62. The molecule has 2 aromatic rings. The summed E-state index contributed by atoms with van der Waals surface area (Å²) in [4.78, 5) is 0. The Morgan fingerprint density at radius 1 is 1.05 bits per heavy atom. The topological polar surface area (TPSA) is 45.0 Å². The Morgan fingerprint density at radius 2 is 1.68 bits per heavy atom. The van der Waals surface area contributed by atoms with Crippen LogP contribution in [-0.2, 0) is 5.54 Å². The summed E-state index contributed by atoms with van der Waals surface area (Å²) < 4.78 is 5.30. The van der Waals surface area contributed by atoms with Gasteiger partial charge in [-0.2, -0.15) is 5.26 Å². The predicted molar refractivity (Wildman–Crippen MR) is 76.0 cm³/mol. The molecule has 0 aromatic heterocycles. The van der Waals surface area contributed by atoms with Gasteiger partial charge >= 0.3 is 0 Å². The van der Waals surface area contributed by atoms with Crippen LogP contribution in [0.4, 0.5) is 5.69 Å². The fourth-order valence-corrected chi connectivity index (χ4v) is 1.95. The third kappa shape index (κ3) is 2.69. The molecule has 96 valence electrons. The average Bonchev–Trinajstić information content (AvgIpc) is 2.48. The van der Waals surface area contributed by atoms with Crippen molar-refractivity contribution >= 4 is 5.69 Å². The van der Waals surface area contributed by atoms with Gasteiger partial charge in [-0.1, -0.05) is 42.5 Å². The molecule has 0 heterocycles. The second-order valence-electron chi connectivity index (χ2n) is 4.43. The summed E-state index contributed by atoms with van der Waals surface area (Å²) in [5, 5.41) is 12.8. The summed E-state index contributed by atoms with van der Waals surface area (Å²) in [5.74, 6) is 0.722. The number of hydrogen-bond acceptors (Lipinski definition) is 3. The highest BCUT2D eigenvalue weighted by molar-refractivity contribution is 5.60. The number of anilines is 1. The summed E-state index contributed by atoms with van der Waals surface area (Å²) in [6, 6.07) is 19.6. The zero-order valence-corrected chi connectivity index (χ0v) is 11.1. The molecule has 0 spiro atoms. The molecule has 19 heavy (non-hydrogen) atoms. The van der Waals surface area contributed by atoms with Crippen molar-refractivity contribution in [1.29, 1.82) is 5.26 Å². The van der Waals surface area contributed by atoms with Gasteiger partial charge in [0, 0.05) is 0 Å². The van der Waals surface area contributed by atoms with Gasteiger partial charge in [-0.05, 0) is 24.6 Å². The van der Waals surface area contributed by atoms with E-state index in [1.54, 1.807) is 7.11 Å². The van der Waals surface area contributed by atoms with Gasteiger partial charge < -0.3 is 10.1 Å². The van der Waals surface area contributed by atoms with Crippen molar-refractivity contribution in [3.8, 4) is 11.8 Å². The average molecular weight is 252 g/mol. The van der Waals surface area contributed by atoms with Gasteiger partial charge in [-0.15, -0.1) is 0 Å². The third-order valence-electron chi connectivity index (χ3n) is 3.07. The Labute approximate surface area is 113 Å². The van der Waals surface area contributed by atoms with Crippen LogP contribution in [0.5, 0.6) is 5.75 Å². The molecule has 3 nitrogen and oxygen atoms in total. The molecule has 0 aliphatic carbocycles. The molecule has 3 heteroatoms. The Balaban J connectivity index is 2.37. The molecule has 0 radical (unpaired) electrons. The van der Waals surface area contributed by atoms with Gasteiger partial charge in [0.05, 0.1) is 18.9 Å². The van der Waals surface area contributed by atoms with Gasteiger partial charge in [0.1, 0.15) is 11.3 Å². The normalized spacial score (nSPS) is 13.1. The molecule has 2 aromatic carbocycles. The van der Waals surface area contributed by atoms with E-state index in [1.165, 1.54) is 0 Å². The fourth-order valence-electron chi connectivity index (χ4n) is 1.95. The summed E-state index contributed by atoms with van der Waals surface area (Å²) in [6.45, 7) is 1.86. The van der Waals surface area contributed by atoms with Gasteiger partial charge in [0.2, 0.25) is 0 Å². The van der Waals surface area contributed by atoms with E-state index in [2.05, 4.69) is 11.4 Å². The van der Waals surface area contributed by atoms with Crippen molar-refractivity contribution in [2.24, 2.45) is 0 Å². The molecule has 0 saturated heterocycles. The van der Waals surface area contributed by atoms with Crippen LogP contribution in [0.2, 0.25) is 0 Å². The lowest BCUT2D eigenvalue weighted by molar-refractivity contribution is 0.415. The lowest BCUT2D eigenvalue weighted by Gasteiger charge is -2.26. The summed E-state index contributed by atoms with van der Waals surface area (Å²) in [6.07, 6.45) is 0.